The summed E-state index contributed by atoms with van der Waals surface area (Å²) in [7, 11) is -2.33. The van der Waals surface area contributed by atoms with Crippen molar-refractivity contribution < 1.29 is 18.3 Å². The predicted molar refractivity (Wildman–Crippen MR) is 48.0 cm³/mol. The second kappa shape index (κ2) is 3.57. The molecule has 0 heterocycles. The Bertz CT molecular complexity index is 429. The molecule has 1 rings (SSSR count). The largest absolute Gasteiger partial charge is 0.478 e. The maximum absolute atomic E-state index is 10.6. The first-order valence-corrected chi connectivity index (χ1v) is 4.67. The summed E-state index contributed by atoms with van der Waals surface area (Å²) >= 11 is 0. The van der Waals surface area contributed by atoms with Gasteiger partial charge < -0.3 is 5.11 Å². The van der Waals surface area contributed by atoms with Gasteiger partial charge in [-0.05, 0) is 12.5 Å². The van der Waals surface area contributed by atoms with Gasteiger partial charge in [0.25, 0.3) is 0 Å². The fraction of sp³-hybridized carbons (Fsp3) is 0.250. The van der Waals surface area contributed by atoms with Crippen LogP contribution in [0.2, 0.25) is 0 Å². The Balaban J connectivity index is 3.38. The van der Waals surface area contributed by atoms with Gasteiger partial charge in [0.2, 0.25) is 10.3 Å². The molecule has 0 aliphatic heterocycles. The van der Waals surface area contributed by atoms with Crippen LogP contribution in [0, 0.1) is 0 Å². The van der Waals surface area contributed by atoms with Crippen LogP contribution in [-0.4, -0.2) is 24.4 Å². The standard InChI is InChI=1S/C8H8O4S/c1-5-6(8(9)10)3-2-4-7(5)13(11)12/h2-3H,4H2,1H3,(H,9,10). The van der Waals surface area contributed by atoms with Crippen LogP contribution >= 0.6 is 0 Å². The molecule has 0 spiro atoms. The summed E-state index contributed by atoms with van der Waals surface area (Å²) in [6, 6.07) is 0. The number of carboxylic acid groups (broad SMARTS) is 1. The molecule has 1 aliphatic carbocycles. The van der Waals surface area contributed by atoms with Gasteiger partial charge in [0.15, 0.2) is 0 Å². The molecular weight excluding hydrogens is 192 g/mol. The van der Waals surface area contributed by atoms with E-state index in [4.69, 9.17) is 5.11 Å². The van der Waals surface area contributed by atoms with Crippen LogP contribution in [0.15, 0.2) is 23.3 Å². The third-order valence-corrected chi connectivity index (χ3v) is 2.72. The summed E-state index contributed by atoms with van der Waals surface area (Å²) in [5, 5.41) is 8.68. The first-order chi connectivity index (χ1) is 6.04. The van der Waals surface area contributed by atoms with Crippen molar-refractivity contribution in [1.29, 1.82) is 0 Å². The average Bonchev–Trinajstić information content (AvgIpc) is 2.03. The normalized spacial score (nSPS) is 16.2. The molecule has 13 heavy (non-hydrogen) atoms. The summed E-state index contributed by atoms with van der Waals surface area (Å²) in [6.45, 7) is 1.50. The second-order valence-electron chi connectivity index (χ2n) is 2.61. The van der Waals surface area contributed by atoms with Crippen LogP contribution in [0.1, 0.15) is 13.3 Å². The molecule has 0 saturated carbocycles. The number of hydrogen-bond donors (Lipinski definition) is 1. The maximum Gasteiger partial charge on any atom is 0.335 e. The van der Waals surface area contributed by atoms with Gasteiger partial charge in [-0.2, -0.15) is 8.42 Å². The summed E-state index contributed by atoms with van der Waals surface area (Å²) in [5.74, 6) is -1.10. The zero-order chi connectivity index (χ0) is 10.0. The van der Waals surface area contributed by atoms with Gasteiger partial charge in [-0.1, -0.05) is 12.2 Å². The van der Waals surface area contributed by atoms with Crippen molar-refractivity contribution in [2.75, 3.05) is 0 Å². The molecule has 4 nitrogen and oxygen atoms in total. The maximum atomic E-state index is 10.6. The summed E-state index contributed by atoms with van der Waals surface area (Å²) in [6.07, 6.45) is 3.23. The van der Waals surface area contributed by atoms with E-state index < -0.39 is 16.3 Å². The van der Waals surface area contributed by atoms with Crippen LogP contribution in [0.4, 0.5) is 0 Å². The lowest BCUT2D eigenvalue weighted by atomic mass is 9.99. The molecule has 0 unspecified atom stereocenters. The van der Waals surface area contributed by atoms with Crippen molar-refractivity contribution in [1.82, 2.24) is 0 Å². The van der Waals surface area contributed by atoms with E-state index in [1.165, 1.54) is 19.1 Å². The molecule has 0 fully saturated rings. The monoisotopic (exact) mass is 200 g/mol. The molecule has 0 amide bonds. The van der Waals surface area contributed by atoms with E-state index in [9.17, 15) is 13.2 Å². The Labute approximate surface area is 76.7 Å². The highest BCUT2D eigenvalue weighted by molar-refractivity contribution is 7.73. The topological polar surface area (TPSA) is 71.4 Å². The molecular formula is C8H8O4S. The minimum atomic E-state index is -2.33. The highest BCUT2D eigenvalue weighted by Gasteiger charge is 2.16. The van der Waals surface area contributed by atoms with E-state index in [1.54, 1.807) is 0 Å². The first-order valence-electron chi connectivity index (χ1n) is 3.60. The molecule has 1 aliphatic rings. The van der Waals surface area contributed by atoms with Crippen LogP contribution in [0.25, 0.3) is 0 Å². The van der Waals surface area contributed by atoms with Gasteiger partial charge in [-0.15, -0.1) is 0 Å². The van der Waals surface area contributed by atoms with Crippen LogP contribution in [-0.2, 0) is 15.1 Å². The molecule has 0 aromatic heterocycles. The van der Waals surface area contributed by atoms with Crippen molar-refractivity contribution in [2.45, 2.75) is 13.3 Å². The van der Waals surface area contributed by atoms with E-state index >= 15 is 0 Å². The fourth-order valence-corrected chi connectivity index (χ4v) is 1.73. The number of hydrogen-bond acceptors (Lipinski definition) is 3. The van der Waals surface area contributed by atoms with Gasteiger partial charge in [0.05, 0.1) is 10.4 Å². The van der Waals surface area contributed by atoms with E-state index in [1.807, 2.05) is 0 Å². The van der Waals surface area contributed by atoms with Crippen molar-refractivity contribution in [3.8, 4) is 0 Å². The summed E-state index contributed by atoms with van der Waals surface area (Å²) < 4.78 is 21.3. The lowest BCUT2D eigenvalue weighted by molar-refractivity contribution is -0.132. The van der Waals surface area contributed by atoms with Gasteiger partial charge >= 0.3 is 5.97 Å². The van der Waals surface area contributed by atoms with Gasteiger partial charge in [-0.3, -0.25) is 0 Å². The van der Waals surface area contributed by atoms with E-state index in [-0.39, 0.29) is 16.9 Å². The van der Waals surface area contributed by atoms with Crippen LogP contribution in [0.3, 0.4) is 0 Å². The molecule has 0 bridgehead atoms. The summed E-state index contributed by atoms with van der Waals surface area (Å²) in [5.41, 5.74) is 0.369. The van der Waals surface area contributed by atoms with Crippen LogP contribution in [0.5, 0.6) is 0 Å². The average molecular weight is 200 g/mol. The Morgan fingerprint density at radius 1 is 1.54 bits per heavy atom. The smallest absolute Gasteiger partial charge is 0.335 e. The quantitative estimate of drug-likeness (QED) is 0.622. The zero-order valence-electron chi connectivity index (χ0n) is 6.94. The Morgan fingerprint density at radius 3 is 2.62 bits per heavy atom. The lowest BCUT2D eigenvalue weighted by Crippen LogP contribution is -2.12. The van der Waals surface area contributed by atoms with Gasteiger partial charge in [0.1, 0.15) is 0 Å². The Hall–Kier alpha value is -1.36. The Morgan fingerprint density at radius 2 is 2.15 bits per heavy atom. The fourth-order valence-electron chi connectivity index (χ4n) is 1.14. The summed E-state index contributed by atoms with van der Waals surface area (Å²) in [4.78, 5) is 10.8. The molecule has 0 aromatic rings. The first kappa shape index (κ1) is 9.73. The van der Waals surface area contributed by atoms with Gasteiger partial charge in [-0.25, -0.2) is 4.79 Å². The number of allylic oxidation sites excluding steroid dienone is 2. The molecule has 0 atom stereocenters. The molecule has 5 heteroatoms. The van der Waals surface area contributed by atoms with E-state index in [0.717, 1.165) is 0 Å². The van der Waals surface area contributed by atoms with Crippen molar-refractivity contribution >= 4 is 21.1 Å². The molecule has 0 radical (unpaired) electrons. The second-order valence-corrected chi connectivity index (χ2v) is 3.57. The number of aliphatic carboxylic acids is 1. The SMILES string of the molecule is CC1=C(C(=O)O)C=CCC1=S(=O)=O. The highest BCUT2D eigenvalue weighted by atomic mass is 32.2. The zero-order valence-corrected chi connectivity index (χ0v) is 7.76. The molecule has 70 valence electrons. The molecule has 0 aromatic carbocycles. The third kappa shape index (κ3) is 1.86. The highest BCUT2D eigenvalue weighted by Crippen LogP contribution is 2.15. The van der Waals surface area contributed by atoms with E-state index in [0.29, 0.717) is 5.57 Å². The Kier molecular flexibility index (Phi) is 2.67. The minimum absolute atomic E-state index is 0.0467. The van der Waals surface area contributed by atoms with E-state index in [2.05, 4.69) is 0 Å². The molecule has 1 N–H and O–H groups in total. The third-order valence-electron chi connectivity index (χ3n) is 1.84. The van der Waals surface area contributed by atoms with Crippen molar-refractivity contribution in [3.63, 3.8) is 0 Å². The number of carbonyl (C=O) groups is 1. The van der Waals surface area contributed by atoms with Crippen molar-refractivity contribution in [2.24, 2.45) is 0 Å². The number of carboxylic acids is 1. The number of rotatable bonds is 1. The van der Waals surface area contributed by atoms with Gasteiger partial charge in [0, 0.05) is 6.42 Å². The molecule has 0 saturated heterocycles. The predicted octanol–water partition coefficient (Wildman–Crippen LogP) is 0.399. The minimum Gasteiger partial charge on any atom is -0.478 e. The van der Waals surface area contributed by atoms with Crippen LogP contribution < -0.4 is 0 Å². The lowest BCUT2D eigenvalue weighted by Gasteiger charge is -2.08. The van der Waals surface area contributed by atoms with Crippen molar-refractivity contribution in [3.05, 3.63) is 23.3 Å².